The maximum absolute atomic E-state index is 13.0. The molecule has 0 radical (unpaired) electrons. The molecule has 0 spiro atoms. The van der Waals surface area contributed by atoms with Crippen molar-refractivity contribution >= 4 is 17.6 Å². The molecule has 6 heteroatoms. The summed E-state index contributed by atoms with van der Waals surface area (Å²) < 4.78 is 0. The van der Waals surface area contributed by atoms with Crippen LogP contribution in [0.3, 0.4) is 0 Å². The molecule has 1 heterocycles. The fourth-order valence-corrected chi connectivity index (χ4v) is 3.74. The summed E-state index contributed by atoms with van der Waals surface area (Å²) in [6.45, 7) is 7.86. The number of aliphatic carboxylic acids is 1. The molecule has 1 unspecified atom stereocenters. The van der Waals surface area contributed by atoms with E-state index in [0.717, 1.165) is 48.6 Å². The molecule has 1 aliphatic rings. The van der Waals surface area contributed by atoms with Crippen LogP contribution in [-0.2, 0) is 11.2 Å². The molecule has 0 bridgehead atoms. The molecule has 3 rings (SSSR count). The summed E-state index contributed by atoms with van der Waals surface area (Å²) in [6, 6.07) is 13.7. The van der Waals surface area contributed by atoms with E-state index in [1.54, 1.807) is 0 Å². The second-order valence-electron chi connectivity index (χ2n) is 8.12. The van der Waals surface area contributed by atoms with Crippen molar-refractivity contribution in [3.63, 3.8) is 0 Å². The van der Waals surface area contributed by atoms with Crippen LogP contribution in [0, 0.1) is 6.92 Å². The van der Waals surface area contributed by atoms with Crippen LogP contribution in [0.2, 0.25) is 0 Å². The summed E-state index contributed by atoms with van der Waals surface area (Å²) >= 11 is 0. The first-order chi connectivity index (χ1) is 14.3. The lowest BCUT2D eigenvalue weighted by atomic mass is 10.0. The summed E-state index contributed by atoms with van der Waals surface area (Å²) in [4.78, 5) is 28.5. The van der Waals surface area contributed by atoms with Gasteiger partial charge in [-0.05, 0) is 56.1 Å². The number of amides is 1. The Kier molecular flexibility index (Phi) is 7.11. The number of carboxylic acid groups (broad SMARTS) is 1. The van der Waals surface area contributed by atoms with Crippen LogP contribution in [0.1, 0.15) is 46.4 Å². The first-order valence-corrected chi connectivity index (χ1v) is 10.5. The van der Waals surface area contributed by atoms with E-state index in [-0.39, 0.29) is 18.4 Å². The zero-order valence-electron chi connectivity index (χ0n) is 18.0. The number of piperazine rings is 1. The van der Waals surface area contributed by atoms with Crippen LogP contribution >= 0.6 is 0 Å². The van der Waals surface area contributed by atoms with E-state index in [1.807, 2.05) is 50.2 Å². The molecule has 1 amide bonds. The molecule has 1 atom stereocenters. The first-order valence-electron chi connectivity index (χ1n) is 10.5. The van der Waals surface area contributed by atoms with E-state index >= 15 is 0 Å². The van der Waals surface area contributed by atoms with Crippen molar-refractivity contribution in [2.24, 2.45) is 0 Å². The van der Waals surface area contributed by atoms with E-state index in [0.29, 0.717) is 12.0 Å². The quantitative estimate of drug-likeness (QED) is 0.734. The number of hydrogen-bond donors (Lipinski definition) is 2. The highest BCUT2D eigenvalue weighted by molar-refractivity contribution is 5.96. The molecule has 1 saturated heterocycles. The lowest BCUT2D eigenvalue weighted by molar-refractivity contribution is -0.136. The van der Waals surface area contributed by atoms with Crippen molar-refractivity contribution in [2.45, 2.75) is 32.7 Å². The number of aryl methyl sites for hydroxylation is 2. The van der Waals surface area contributed by atoms with Gasteiger partial charge in [-0.2, -0.15) is 0 Å². The van der Waals surface area contributed by atoms with Crippen molar-refractivity contribution in [3.05, 3.63) is 64.7 Å². The minimum absolute atomic E-state index is 0.0908. The standard InChI is InChI=1S/C24H31N3O3/c1-17-7-9-21(27-13-11-26(3)12-14-27)16-22(17)24(30)25-18(2)20-6-4-5-19(15-20)8-10-23(28)29/h4-7,9,15-16,18H,8,10-14H2,1-3H3,(H,25,30)(H,28,29). The van der Waals surface area contributed by atoms with Gasteiger partial charge in [0.05, 0.1) is 6.04 Å². The second kappa shape index (κ2) is 9.76. The SMILES string of the molecule is Cc1ccc(N2CCN(C)CC2)cc1C(=O)NC(C)c1cccc(CCC(=O)O)c1. The van der Waals surface area contributed by atoms with Gasteiger partial charge >= 0.3 is 5.97 Å². The van der Waals surface area contributed by atoms with Crippen LogP contribution in [0.25, 0.3) is 0 Å². The van der Waals surface area contributed by atoms with E-state index < -0.39 is 5.97 Å². The molecule has 0 aliphatic carbocycles. The number of benzene rings is 2. The molecular formula is C24H31N3O3. The average Bonchev–Trinajstić information content (AvgIpc) is 2.73. The molecule has 6 nitrogen and oxygen atoms in total. The van der Waals surface area contributed by atoms with Gasteiger partial charge in [0.25, 0.3) is 5.91 Å². The Morgan fingerprint density at radius 2 is 1.83 bits per heavy atom. The number of rotatable bonds is 7. The Bertz CT molecular complexity index is 904. The van der Waals surface area contributed by atoms with Gasteiger partial charge in [-0.3, -0.25) is 9.59 Å². The Hall–Kier alpha value is -2.86. The summed E-state index contributed by atoms with van der Waals surface area (Å²) in [5.74, 6) is -0.899. The highest BCUT2D eigenvalue weighted by Gasteiger charge is 2.18. The monoisotopic (exact) mass is 409 g/mol. The van der Waals surface area contributed by atoms with Gasteiger partial charge in [0.15, 0.2) is 0 Å². The molecule has 160 valence electrons. The van der Waals surface area contributed by atoms with Gasteiger partial charge in [0.1, 0.15) is 0 Å². The molecular weight excluding hydrogens is 378 g/mol. The molecule has 0 aromatic heterocycles. The van der Waals surface area contributed by atoms with Crippen molar-refractivity contribution in [3.8, 4) is 0 Å². The van der Waals surface area contributed by atoms with Crippen molar-refractivity contribution in [1.29, 1.82) is 0 Å². The van der Waals surface area contributed by atoms with Crippen LogP contribution in [-0.4, -0.2) is 55.1 Å². The number of carbonyl (C=O) groups excluding carboxylic acids is 1. The predicted molar refractivity (Wildman–Crippen MR) is 119 cm³/mol. The lowest BCUT2D eigenvalue weighted by Crippen LogP contribution is -2.44. The van der Waals surface area contributed by atoms with Crippen LogP contribution in [0.5, 0.6) is 0 Å². The summed E-state index contributed by atoms with van der Waals surface area (Å²) in [6.07, 6.45) is 0.582. The number of likely N-dealkylation sites (N-methyl/N-ethyl adjacent to an activating group) is 1. The molecule has 30 heavy (non-hydrogen) atoms. The molecule has 2 aromatic rings. The topological polar surface area (TPSA) is 72.9 Å². The highest BCUT2D eigenvalue weighted by Crippen LogP contribution is 2.22. The summed E-state index contributed by atoms with van der Waals surface area (Å²) in [7, 11) is 2.13. The van der Waals surface area contributed by atoms with Crippen molar-refractivity contribution < 1.29 is 14.7 Å². The van der Waals surface area contributed by atoms with E-state index in [9.17, 15) is 9.59 Å². The average molecular weight is 410 g/mol. The molecule has 2 N–H and O–H groups in total. The third kappa shape index (κ3) is 5.60. The Morgan fingerprint density at radius 1 is 1.10 bits per heavy atom. The predicted octanol–water partition coefficient (Wildman–Crippen LogP) is 3.26. The number of nitrogens with one attached hydrogen (secondary N) is 1. The highest BCUT2D eigenvalue weighted by atomic mass is 16.4. The number of carbonyl (C=O) groups is 2. The van der Waals surface area contributed by atoms with Crippen LogP contribution in [0.4, 0.5) is 5.69 Å². The number of carboxylic acids is 1. The van der Waals surface area contributed by atoms with E-state index in [2.05, 4.69) is 28.2 Å². The molecule has 2 aromatic carbocycles. The first kappa shape index (κ1) is 21.8. The normalized spacial score (nSPS) is 15.6. The van der Waals surface area contributed by atoms with Gasteiger partial charge in [-0.1, -0.05) is 30.3 Å². The maximum atomic E-state index is 13.0. The lowest BCUT2D eigenvalue weighted by Gasteiger charge is -2.34. The van der Waals surface area contributed by atoms with Gasteiger partial charge < -0.3 is 20.2 Å². The Morgan fingerprint density at radius 3 is 2.53 bits per heavy atom. The zero-order chi connectivity index (χ0) is 21.7. The van der Waals surface area contributed by atoms with Crippen LogP contribution < -0.4 is 10.2 Å². The number of nitrogens with zero attached hydrogens (tertiary/aromatic N) is 2. The third-order valence-electron chi connectivity index (χ3n) is 5.76. The third-order valence-corrected chi connectivity index (χ3v) is 5.76. The smallest absolute Gasteiger partial charge is 0.303 e. The second-order valence-corrected chi connectivity index (χ2v) is 8.12. The fraction of sp³-hybridized carbons (Fsp3) is 0.417. The van der Waals surface area contributed by atoms with Gasteiger partial charge in [0.2, 0.25) is 0 Å². The van der Waals surface area contributed by atoms with E-state index in [1.165, 1.54) is 0 Å². The largest absolute Gasteiger partial charge is 0.481 e. The Balaban J connectivity index is 1.70. The number of anilines is 1. The van der Waals surface area contributed by atoms with Crippen LogP contribution in [0.15, 0.2) is 42.5 Å². The van der Waals surface area contributed by atoms with Gasteiger partial charge in [-0.25, -0.2) is 0 Å². The minimum atomic E-state index is -0.808. The van der Waals surface area contributed by atoms with Gasteiger partial charge in [0, 0.05) is 43.9 Å². The molecule has 1 fully saturated rings. The molecule has 1 aliphatic heterocycles. The summed E-state index contributed by atoms with van der Waals surface area (Å²) in [5, 5.41) is 12.0. The minimum Gasteiger partial charge on any atom is -0.481 e. The fourth-order valence-electron chi connectivity index (χ4n) is 3.74. The number of hydrogen-bond acceptors (Lipinski definition) is 4. The van der Waals surface area contributed by atoms with Gasteiger partial charge in [-0.15, -0.1) is 0 Å². The molecule has 0 saturated carbocycles. The van der Waals surface area contributed by atoms with E-state index in [4.69, 9.17) is 5.11 Å². The summed E-state index contributed by atoms with van der Waals surface area (Å²) in [5.41, 5.74) is 4.67. The van der Waals surface area contributed by atoms with Crippen molar-refractivity contribution in [1.82, 2.24) is 10.2 Å². The Labute approximate surface area is 178 Å². The maximum Gasteiger partial charge on any atom is 0.303 e. The zero-order valence-corrected chi connectivity index (χ0v) is 18.0. The van der Waals surface area contributed by atoms with Crippen molar-refractivity contribution in [2.75, 3.05) is 38.1 Å².